The van der Waals surface area contributed by atoms with Crippen LogP contribution in [0.15, 0.2) is 0 Å². The van der Waals surface area contributed by atoms with Crippen LogP contribution < -0.4 is 5.32 Å². The molecule has 0 aromatic rings. The van der Waals surface area contributed by atoms with Crippen LogP contribution >= 0.6 is 12.2 Å². The summed E-state index contributed by atoms with van der Waals surface area (Å²) < 4.78 is 0. The fraction of sp³-hybridized carbons (Fsp3) is 0.917. The zero-order valence-electron chi connectivity index (χ0n) is 9.83. The maximum Gasteiger partial charge on any atom is 0.0272 e. The smallest absolute Gasteiger partial charge is 0.0272 e. The Morgan fingerprint density at radius 1 is 1.47 bits per heavy atom. The molecule has 0 aromatic carbocycles. The predicted octanol–water partition coefficient (Wildman–Crippen LogP) is 1.98. The van der Waals surface area contributed by atoms with E-state index in [4.69, 9.17) is 12.2 Å². The lowest BCUT2D eigenvalue weighted by atomic mass is 10.1. The highest BCUT2D eigenvalue weighted by atomic mass is 32.1. The van der Waals surface area contributed by atoms with Crippen LogP contribution in [0.25, 0.3) is 0 Å². The molecule has 2 nitrogen and oxygen atoms in total. The lowest BCUT2D eigenvalue weighted by Gasteiger charge is -2.27. The number of hydrogen-bond donors (Lipinski definition) is 1. The summed E-state index contributed by atoms with van der Waals surface area (Å²) in [4.78, 5) is 3.87. The van der Waals surface area contributed by atoms with Gasteiger partial charge in [-0.15, -0.1) is 0 Å². The van der Waals surface area contributed by atoms with Crippen molar-refractivity contribution >= 4 is 17.1 Å². The van der Waals surface area contributed by atoms with Crippen molar-refractivity contribution in [3.05, 3.63) is 0 Å². The van der Waals surface area contributed by atoms with Crippen molar-refractivity contribution in [3.8, 4) is 0 Å². The van der Waals surface area contributed by atoms with Crippen LogP contribution in [0.4, 0.5) is 0 Å². The number of rotatable bonds is 5. The summed E-state index contributed by atoms with van der Waals surface area (Å²) >= 11 is 5.22. The lowest BCUT2D eigenvalue weighted by molar-refractivity contribution is 0.202. The molecule has 0 radical (unpaired) electrons. The van der Waals surface area contributed by atoms with Gasteiger partial charge in [0, 0.05) is 36.1 Å². The average Bonchev–Trinajstić information content (AvgIpc) is 2.90. The molecule has 0 bridgehead atoms. The first-order chi connectivity index (χ1) is 7.16. The summed E-state index contributed by atoms with van der Waals surface area (Å²) in [5.74, 6) is 0. The Labute approximate surface area is 98.4 Å². The van der Waals surface area contributed by atoms with Gasteiger partial charge in [0.2, 0.25) is 0 Å². The molecule has 1 atom stereocenters. The summed E-state index contributed by atoms with van der Waals surface area (Å²) in [6.45, 7) is 6.82. The molecule has 2 aliphatic rings. The minimum absolute atomic E-state index is 0.650. The van der Waals surface area contributed by atoms with Gasteiger partial charge in [0.05, 0.1) is 0 Å². The van der Waals surface area contributed by atoms with Gasteiger partial charge in [-0.2, -0.15) is 0 Å². The highest BCUT2D eigenvalue weighted by Crippen LogP contribution is 2.29. The molecule has 0 spiro atoms. The normalized spacial score (nSPS) is 26.9. The average molecular weight is 226 g/mol. The standard InChI is InChI=1S/C12H22N2S/c1-9(2)14(11-3-4-11)6-5-10-7-12(15)8-13-10/h9-11,13H,3-8H2,1-2H3. The first kappa shape index (κ1) is 11.5. The lowest BCUT2D eigenvalue weighted by Crippen LogP contribution is -2.36. The molecule has 0 aromatic heterocycles. The van der Waals surface area contributed by atoms with Crippen molar-refractivity contribution in [1.29, 1.82) is 0 Å². The zero-order chi connectivity index (χ0) is 10.8. The first-order valence-corrected chi connectivity index (χ1v) is 6.58. The van der Waals surface area contributed by atoms with E-state index in [1.807, 2.05) is 0 Å². The number of nitrogens with one attached hydrogen (secondary N) is 1. The molecular formula is C12H22N2S. The van der Waals surface area contributed by atoms with Crippen LogP contribution in [0.1, 0.15) is 39.5 Å². The molecule has 15 heavy (non-hydrogen) atoms. The maximum absolute atomic E-state index is 5.22. The van der Waals surface area contributed by atoms with Gasteiger partial charge in [-0.05, 0) is 39.5 Å². The van der Waals surface area contributed by atoms with Crippen molar-refractivity contribution in [2.45, 2.75) is 57.7 Å². The summed E-state index contributed by atoms with van der Waals surface area (Å²) in [5, 5.41) is 3.49. The molecular weight excluding hydrogens is 204 g/mol. The topological polar surface area (TPSA) is 15.3 Å². The Balaban J connectivity index is 1.73. The van der Waals surface area contributed by atoms with Crippen molar-refractivity contribution < 1.29 is 0 Å². The van der Waals surface area contributed by atoms with E-state index >= 15 is 0 Å². The van der Waals surface area contributed by atoms with Crippen LogP contribution in [0.2, 0.25) is 0 Å². The van der Waals surface area contributed by atoms with Gasteiger partial charge in [-0.3, -0.25) is 4.90 Å². The molecule has 3 heteroatoms. The van der Waals surface area contributed by atoms with E-state index in [2.05, 4.69) is 24.1 Å². The van der Waals surface area contributed by atoms with Gasteiger partial charge >= 0.3 is 0 Å². The van der Waals surface area contributed by atoms with Gasteiger partial charge < -0.3 is 5.32 Å². The van der Waals surface area contributed by atoms with E-state index in [0.29, 0.717) is 12.1 Å². The Hall–Kier alpha value is 0.01000. The van der Waals surface area contributed by atoms with Gasteiger partial charge in [-0.1, -0.05) is 12.2 Å². The third kappa shape index (κ3) is 3.23. The molecule has 1 unspecified atom stereocenters. The van der Waals surface area contributed by atoms with Crippen LogP contribution in [0.5, 0.6) is 0 Å². The van der Waals surface area contributed by atoms with Crippen LogP contribution in [-0.4, -0.2) is 41.0 Å². The maximum atomic E-state index is 5.22. The number of hydrogen-bond acceptors (Lipinski definition) is 3. The summed E-state index contributed by atoms with van der Waals surface area (Å²) in [7, 11) is 0. The van der Waals surface area contributed by atoms with E-state index < -0.39 is 0 Å². The Morgan fingerprint density at radius 3 is 2.67 bits per heavy atom. The summed E-state index contributed by atoms with van der Waals surface area (Å²) in [6.07, 6.45) is 5.20. The quantitative estimate of drug-likeness (QED) is 0.722. The second kappa shape index (κ2) is 4.89. The summed E-state index contributed by atoms with van der Waals surface area (Å²) in [6, 6.07) is 2.24. The molecule has 1 saturated heterocycles. The highest BCUT2D eigenvalue weighted by Gasteiger charge is 2.31. The molecule has 1 N–H and O–H groups in total. The fourth-order valence-corrected chi connectivity index (χ4v) is 2.74. The van der Waals surface area contributed by atoms with Crippen molar-refractivity contribution in [2.75, 3.05) is 13.1 Å². The van der Waals surface area contributed by atoms with Crippen LogP contribution in [-0.2, 0) is 0 Å². The molecule has 1 aliphatic heterocycles. The van der Waals surface area contributed by atoms with Crippen LogP contribution in [0.3, 0.4) is 0 Å². The van der Waals surface area contributed by atoms with Gasteiger partial charge in [0.15, 0.2) is 0 Å². The minimum Gasteiger partial charge on any atom is -0.309 e. The van der Waals surface area contributed by atoms with E-state index in [-0.39, 0.29) is 0 Å². The van der Waals surface area contributed by atoms with E-state index in [1.165, 1.54) is 30.7 Å². The second-order valence-corrected chi connectivity index (χ2v) is 5.75. The Morgan fingerprint density at radius 2 is 2.20 bits per heavy atom. The number of nitrogens with zero attached hydrogens (tertiary/aromatic N) is 1. The van der Waals surface area contributed by atoms with Crippen molar-refractivity contribution in [3.63, 3.8) is 0 Å². The highest BCUT2D eigenvalue weighted by molar-refractivity contribution is 7.80. The van der Waals surface area contributed by atoms with Gasteiger partial charge in [0.1, 0.15) is 0 Å². The van der Waals surface area contributed by atoms with Gasteiger partial charge in [0.25, 0.3) is 0 Å². The molecule has 2 rings (SSSR count). The second-order valence-electron chi connectivity index (χ2n) is 5.17. The molecule has 86 valence electrons. The first-order valence-electron chi connectivity index (χ1n) is 6.17. The zero-order valence-corrected chi connectivity index (χ0v) is 10.6. The number of thiocarbonyl (C=S) groups is 1. The third-order valence-corrected chi connectivity index (χ3v) is 3.79. The molecule has 1 aliphatic carbocycles. The predicted molar refractivity (Wildman–Crippen MR) is 68.5 cm³/mol. The van der Waals surface area contributed by atoms with Crippen molar-refractivity contribution in [1.82, 2.24) is 10.2 Å². The van der Waals surface area contributed by atoms with Gasteiger partial charge in [-0.25, -0.2) is 0 Å². The monoisotopic (exact) mass is 226 g/mol. The van der Waals surface area contributed by atoms with Crippen LogP contribution in [0, 0.1) is 0 Å². The van der Waals surface area contributed by atoms with E-state index in [9.17, 15) is 0 Å². The fourth-order valence-electron chi connectivity index (χ4n) is 2.45. The molecule has 1 saturated carbocycles. The third-order valence-electron chi connectivity index (χ3n) is 3.48. The van der Waals surface area contributed by atoms with Crippen molar-refractivity contribution in [2.24, 2.45) is 0 Å². The molecule has 1 heterocycles. The van der Waals surface area contributed by atoms with E-state index in [0.717, 1.165) is 19.0 Å². The Kier molecular flexibility index (Phi) is 3.75. The Bertz CT molecular complexity index is 234. The van der Waals surface area contributed by atoms with E-state index in [1.54, 1.807) is 0 Å². The molecule has 0 amide bonds. The summed E-state index contributed by atoms with van der Waals surface area (Å²) in [5.41, 5.74) is 0. The molecule has 2 fully saturated rings. The SMILES string of the molecule is CC(C)N(CCC1CC(=S)CN1)C1CC1. The largest absolute Gasteiger partial charge is 0.309 e. The minimum atomic E-state index is 0.650.